The summed E-state index contributed by atoms with van der Waals surface area (Å²) in [4.78, 5) is 0. The van der Waals surface area contributed by atoms with Crippen LogP contribution >= 0.6 is 0 Å². The smallest absolute Gasteiger partial charge is 1.00 e. The Balaban J connectivity index is 0.00000192. The molecule has 0 unspecified atom stereocenters. The zero-order chi connectivity index (χ0) is 15.4. The predicted molar refractivity (Wildman–Crippen MR) is 98.4 cm³/mol. The van der Waals surface area contributed by atoms with Gasteiger partial charge in [-0.2, -0.15) is 0 Å². The van der Waals surface area contributed by atoms with E-state index in [2.05, 4.69) is 61.2 Å². The predicted octanol–water partition coefficient (Wildman–Crippen LogP) is 1.82. The molecule has 23 heavy (non-hydrogen) atoms. The quantitative estimate of drug-likeness (QED) is 0.257. The van der Waals surface area contributed by atoms with Crippen molar-refractivity contribution in [2.75, 3.05) is 0 Å². The Morgan fingerprint density at radius 3 is 1.87 bits per heavy atom. The summed E-state index contributed by atoms with van der Waals surface area (Å²) in [7, 11) is 0. The fourth-order valence-corrected chi connectivity index (χ4v) is 11.2. The molecule has 1 aliphatic rings. The van der Waals surface area contributed by atoms with Gasteiger partial charge in [0.1, 0.15) is 0 Å². The molecule has 1 heterocycles. The number of hydrogen-bond donors (Lipinski definition) is 0. The van der Waals surface area contributed by atoms with Gasteiger partial charge in [0.2, 0.25) is 0 Å². The molecule has 1 N–H and O–H groups in total. The summed E-state index contributed by atoms with van der Waals surface area (Å²) in [6, 6.07) is 17.7. The molecule has 0 amide bonds. The first kappa shape index (κ1) is 18.9. The van der Waals surface area contributed by atoms with Gasteiger partial charge in [-0.1, -0.05) is 0 Å². The molecule has 0 fully saturated rings. The Hall–Kier alpha value is -0.472. The third-order valence-corrected chi connectivity index (χ3v) is 13.4. The van der Waals surface area contributed by atoms with Crippen molar-refractivity contribution >= 4 is 22.3 Å². The standard InChI is InChI=1S/C20H26AsO.HI/c1-3-4-5-6-11-16-21(2)17-12-7-9-14-19(17)22-20-15-10-8-13-18(20)21;/h7-10,12-15H,3-6,11,16H2,1-2H3;1H. The molecule has 0 spiro atoms. The van der Waals surface area contributed by atoms with Gasteiger partial charge in [-0.3, -0.25) is 0 Å². The SMILES string of the molecule is CCCCCCC[As]1(C)c2ccccc2[OH+]c2ccccc21.[I-]. The van der Waals surface area contributed by atoms with Gasteiger partial charge in [-0.15, -0.1) is 0 Å². The summed E-state index contributed by atoms with van der Waals surface area (Å²) < 4.78 is 8.03. The van der Waals surface area contributed by atoms with Crippen LogP contribution in [0.2, 0.25) is 10.9 Å². The summed E-state index contributed by atoms with van der Waals surface area (Å²) in [5.74, 6) is 2.45. The minimum Gasteiger partial charge on any atom is -1.00 e. The molecule has 0 saturated carbocycles. The maximum absolute atomic E-state index is 4.91. The van der Waals surface area contributed by atoms with Crippen molar-refractivity contribution in [3.63, 3.8) is 0 Å². The first-order valence-corrected chi connectivity index (χ1v) is 13.6. The number of hydrogen-bond acceptors (Lipinski definition) is 0. The molecular formula is C20H27AsIO. The van der Waals surface area contributed by atoms with Crippen molar-refractivity contribution in [2.45, 2.75) is 49.9 Å². The van der Waals surface area contributed by atoms with E-state index in [9.17, 15) is 0 Å². The fraction of sp³-hybridized carbons (Fsp3) is 0.400. The van der Waals surface area contributed by atoms with Crippen molar-refractivity contribution in [1.82, 2.24) is 0 Å². The first-order valence-electron chi connectivity index (χ1n) is 8.52. The number of rotatable bonds is 6. The van der Waals surface area contributed by atoms with Crippen LogP contribution in [-0.2, 0) is 0 Å². The molecule has 0 saturated heterocycles. The van der Waals surface area contributed by atoms with E-state index < -0.39 is 13.6 Å². The third kappa shape index (κ3) is 3.96. The zero-order valence-electron chi connectivity index (χ0n) is 14.1. The molecule has 3 rings (SSSR count). The average Bonchev–Trinajstić information content (AvgIpc) is 2.55. The Kier molecular flexibility index (Phi) is 7.03. The molecule has 2 aromatic rings. The molecule has 2 aromatic carbocycles. The fourth-order valence-electron chi connectivity index (χ4n) is 3.48. The molecule has 0 bridgehead atoms. The van der Waals surface area contributed by atoms with Gasteiger partial charge < -0.3 is 24.0 Å². The Labute approximate surface area is 160 Å². The Bertz CT molecular complexity index is 596. The van der Waals surface area contributed by atoms with Crippen LogP contribution in [-0.4, -0.2) is 18.3 Å². The number of halogens is 1. The summed E-state index contributed by atoms with van der Waals surface area (Å²) in [5, 5.41) is 1.38. The monoisotopic (exact) mass is 485 g/mol. The van der Waals surface area contributed by atoms with E-state index in [4.69, 9.17) is 4.74 Å². The second-order valence-corrected chi connectivity index (χ2v) is 14.4. The van der Waals surface area contributed by atoms with Crippen LogP contribution < -0.4 is 32.7 Å². The van der Waals surface area contributed by atoms with E-state index in [-0.39, 0.29) is 24.0 Å². The normalized spacial score (nSPS) is 14.2. The largest absolute Gasteiger partial charge is 1.00 e. The van der Waals surface area contributed by atoms with E-state index in [1.54, 1.807) is 8.70 Å². The van der Waals surface area contributed by atoms with Crippen LogP contribution in [0.5, 0.6) is 11.5 Å². The zero-order valence-corrected chi connectivity index (χ0v) is 18.2. The van der Waals surface area contributed by atoms with E-state index in [1.807, 2.05) is 0 Å². The number of ether oxygens (including phenoxy) is 1. The van der Waals surface area contributed by atoms with Crippen LogP contribution in [0.15, 0.2) is 48.5 Å². The minimum atomic E-state index is -2.04. The van der Waals surface area contributed by atoms with E-state index >= 15 is 0 Å². The van der Waals surface area contributed by atoms with E-state index in [1.165, 1.54) is 48.8 Å². The van der Waals surface area contributed by atoms with Crippen LogP contribution in [0.4, 0.5) is 0 Å². The second kappa shape index (κ2) is 8.57. The Morgan fingerprint density at radius 1 is 0.783 bits per heavy atom. The molecule has 1 radical (unpaired) electrons. The van der Waals surface area contributed by atoms with Crippen LogP contribution in [0.1, 0.15) is 39.0 Å². The summed E-state index contributed by atoms with van der Waals surface area (Å²) in [6.45, 7) is 2.28. The summed E-state index contributed by atoms with van der Waals surface area (Å²) in [6.07, 6.45) is 6.84. The van der Waals surface area contributed by atoms with Gasteiger partial charge in [-0.25, -0.2) is 0 Å². The molecule has 1 aliphatic heterocycles. The molecule has 3 heteroatoms. The van der Waals surface area contributed by atoms with Crippen molar-refractivity contribution in [2.24, 2.45) is 0 Å². The average molecular weight is 485 g/mol. The maximum Gasteiger partial charge on any atom is -1.00 e. The van der Waals surface area contributed by atoms with Gasteiger partial charge in [0.25, 0.3) is 0 Å². The number of benzene rings is 2. The summed E-state index contributed by atoms with van der Waals surface area (Å²) >= 11 is -2.04. The van der Waals surface area contributed by atoms with Crippen molar-refractivity contribution < 1.29 is 28.7 Å². The topological polar surface area (TPSA) is 12.8 Å². The number of aromatic hydroxyl groups is 2. The second-order valence-electron chi connectivity index (χ2n) is 6.42. The number of unbranched alkanes of at least 4 members (excludes halogenated alkanes) is 4. The third-order valence-electron chi connectivity index (χ3n) is 4.78. The molecular weight excluding hydrogens is 458 g/mol. The molecule has 0 aliphatic carbocycles. The van der Waals surface area contributed by atoms with Gasteiger partial charge in [0.15, 0.2) is 0 Å². The molecule has 0 aromatic heterocycles. The molecule has 125 valence electrons. The van der Waals surface area contributed by atoms with E-state index in [0.717, 1.165) is 0 Å². The van der Waals surface area contributed by atoms with Crippen molar-refractivity contribution in [3.05, 3.63) is 48.5 Å². The van der Waals surface area contributed by atoms with Crippen molar-refractivity contribution in [1.29, 1.82) is 0 Å². The number of fused-ring (bicyclic) bond motifs is 2. The van der Waals surface area contributed by atoms with Gasteiger partial charge in [0, 0.05) is 0 Å². The molecule has 1 nitrogen and oxygen atoms in total. The minimum absolute atomic E-state index is 0. The first-order chi connectivity index (χ1) is 10.8. The summed E-state index contributed by atoms with van der Waals surface area (Å²) in [5.41, 5.74) is 2.57. The van der Waals surface area contributed by atoms with E-state index in [0.29, 0.717) is 0 Å². The van der Waals surface area contributed by atoms with Gasteiger partial charge in [-0.05, 0) is 0 Å². The van der Waals surface area contributed by atoms with Crippen molar-refractivity contribution in [3.8, 4) is 11.5 Å². The molecule has 0 atom stereocenters. The van der Waals surface area contributed by atoms with Gasteiger partial charge >= 0.3 is 137 Å². The van der Waals surface area contributed by atoms with Crippen LogP contribution in [0, 0.1) is 0 Å². The number of para-hydroxylation sites is 2. The van der Waals surface area contributed by atoms with Gasteiger partial charge in [0.05, 0.1) is 0 Å². The van der Waals surface area contributed by atoms with Crippen LogP contribution in [0.25, 0.3) is 0 Å². The maximum atomic E-state index is 4.91. The van der Waals surface area contributed by atoms with Crippen LogP contribution in [0.3, 0.4) is 0 Å². The Morgan fingerprint density at radius 2 is 1.30 bits per heavy atom.